The highest BCUT2D eigenvalue weighted by Gasteiger charge is 1.96. The fraction of sp³-hybridized carbons (Fsp3) is 0.938. The van der Waals surface area contributed by atoms with Gasteiger partial charge in [-0.05, 0) is 6.37 Å². The Kier molecular flexibility index (Phi) is 9.13. The monoisotopic (exact) mass is 260 g/mol. The summed E-state index contributed by atoms with van der Waals surface area (Å²) < 4.78 is 29.8. The van der Waals surface area contributed by atoms with E-state index in [1.807, 2.05) is 0 Å². The average Bonchev–Trinajstić information content (AvgIpc) is 2.44. The number of rotatable bonds is 14. The molecule has 0 aliphatic rings. The molecule has 1 N–H and O–H groups in total. The van der Waals surface area contributed by atoms with Gasteiger partial charge in [-0.3, -0.25) is 4.79 Å². The van der Waals surface area contributed by atoms with E-state index < -0.39 is 18.7 Å². The van der Waals surface area contributed by atoms with Crippen LogP contribution in [-0.4, -0.2) is 11.1 Å². The number of carboxylic acid groups (broad SMARTS) is 1. The zero-order chi connectivity index (χ0) is 17.1. The van der Waals surface area contributed by atoms with Gasteiger partial charge in [-0.25, -0.2) is 0 Å². The van der Waals surface area contributed by atoms with Crippen LogP contribution in [0, 0.1) is 0 Å². The summed E-state index contributed by atoms with van der Waals surface area (Å²) in [6.45, 7) is 2.21. The number of unbranched alkanes of at least 4 members (excludes halogenated alkanes) is 10. The number of carbonyl (C=O) groups is 1. The average molecular weight is 260 g/mol. The molecule has 18 heavy (non-hydrogen) atoms. The van der Waals surface area contributed by atoms with Crippen molar-refractivity contribution in [1.29, 1.82) is 0 Å². The zero-order valence-corrected chi connectivity index (χ0v) is 11.8. The van der Waals surface area contributed by atoms with Gasteiger partial charge in [-0.15, -0.1) is 0 Å². The minimum atomic E-state index is -2.81. The van der Waals surface area contributed by atoms with Crippen LogP contribution in [0.15, 0.2) is 0 Å². The molecule has 0 aromatic carbocycles. The third kappa shape index (κ3) is 15.5. The van der Waals surface area contributed by atoms with Crippen molar-refractivity contribution >= 4 is 5.97 Å². The number of aliphatic carboxylic acids is 1. The number of hydrogen-bond acceptors (Lipinski definition) is 1. The maximum atomic E-state index is 10.8. The van der Waals surface area contributed by atoms with Crippen LogP contribution in [0.3, 0.4) is 0 Å². The summed E-state index contributed by atoms with van der Waals surface area (Å²) >= 11 is 0. The molecule has 0 bridgehead atoms. The Hall–Kier alpha value is -0.530. The van der Waals surface area contributed by atoms with Crippen molar-refractivity contribution in [1.82, 2.24) is 0 Å². The van der Waals surface area contributed by atoms with Crippen molar-refractivity contribution in [3.63, 3.8) is 0 Å². The van der Waals surface area contributed by atoms with Crippen molar-refractivity contribution in [3.8, 4) is 0 Å². The second-order valence-corrected chi connectivity index (χ2v) is 4.89. The summed E-state index contributed by atoms with van der Waals surface area (Å²) in [5.41, 5.74) is 0. The molecule has 0 unspecified atom stereocenters. The molecule has 0 radical (unpaired) electrons. The lowest BCUT2D eigenvalue weighted by molar-refractivity contribution is -0.137. The molecule has 0 fully saturated rings. The molecule has 0 aliphatic heterocycles. The van der Waals surface area contributed by atoms with E-state index in [0.29, 0.717) is 6.42 Å². The molecular formula is C16H32O2. The highest BCUT2D eigenvalue weighted by Crippen LogP contribution is 2.12. The minimum Gasteiger partial charge on any atom is -0.481 e. The number of carboxylic acids is 1. The fourth-order valence-corrected chi connectivity index (χ4v) is 2.02. The van der Waals surface area contributed by atoms with Gasteiger partial charge in [0.1, 0.15) is 0 Å². The Morgan fingerprint density at radius 3 is 1.61 bits per heavy atom. The minimum absolute atomic E-state index is 0.0384. The second-order valence-electron chi connectivity index (χ2n) is 4.89. The largest absolute Gasteiger partial charge is 0.481 e. The van der Waals surface area contributed by atoms with Crippen LogP contribution in [0.4, 0.5) is 0 Å². The standard InChI is InChI=1S/C16H32O2/c1-2-3-4-5-6-7-8-9-10-11-12-13-14-15-16(17)18/h2-15H2,1H3,(H,17,18)/i14D2,15D2. The van der Waals surface area contributed by atoms with Gasteiger partial charge in [0, 0.05) is 11.9 Å². The maximum Gasteiger partial charge on any atom is 0.303 e. The van der Waals surface area contributed by atoms with Crippen molar-refractivity contribution in [2.75, 3.05) is 0 Å². The van der Waals surface area contributed by atoms with E-state index in [2.05, 4.69) is 6.92 Å². The summed E-state index contributed by atoms with van der Waals surface area (Å²) in [7, 11) is 0. The van der Waals surface area contributed by atoms with E-state index in [0.717, 1.165) is 19.3 Å². The molecule has 2 heteroatoms. The summed E-state index contributed by atoms with van der Waals surface area (Å²) in [5, 5.41) is 8.74. The Bertz CT molecular complexity index is 307. The summed E-state index contributed by atoms with van der Waals surface area (Å²) in [4.78, 5) is 10.8. The highest BCUT2D eigenvalue weighted by atomic mass is 16.4. The van der Waals surface area contributed by atoms with Crippen LogP contribution in [0.2, 0.25) is 0 Å². The van der Waals surface area contributed by atoms with Crippen LogP contribution in [-0.2, 0) is 4.79 Å². The van der Waals surface area contributed by atoms with Gasteiger partial charge in [-0.2, -0.15) is 0 Å². The molecule has 0 spiro atoms. The molecule has 0 aromatic rings. The van der Waals surface area contributed by atoms with Gasteiger partial charge in [-0.1, -0.05) is 84.0 Å². The predicted octanol–water partition coefficient (Wildman–Crippen LogP) is 5.55. The Balaban J connectivity index is 3.59. The van der Waals surface area contributed by atoms with E-state index in [9.17, 15) is 4.79 Å². The molecule has 0 amide bonds. The third-order valence-electron chi connectivity index (χ3n) is 3.10. The van der Waals surface area contributed by atoms with Crippen molar-refractivity contribution in [2.24, 2.45) is 0 Å². The second kappa shape index (κ2) is 14.5. The first-order valence-electron chi connectivity index (χ1n) is 9.49. The molecular weight excluding hydrogens is 224 g/mol. The zero-order valence-electron chi connectivity index (χ0n) is 15.8. The highest BCUT2D eigenvalue weighted by molar-refractivity contribution is 5.66. The molecule has 0 heterocycles. The summed E-state index contributed by atoms with van der Waals surface area (Å²) in [6, 6.07) is 0. The molecule has 0 rings (SSSR count). The molecule has 0 aliphatic carbocycles. The van der Waals surface area contributed by atoms with Gasteiger partial charge < -0.3 is 5.11 Å². The van der Waals surface area contributed by atoms with Gasteiger partial charge in [0.2, 0.25) is 0 Å². The lowest BCUT2D eigenvalue weighted by Crippen LogP contribution is -1.93. The molecule has 0 aromatic heterocycles. The van der Waals surface area contributed by atoms with Crippen LogP contribution in [0.1, 0.15) is 102 Å². The Morgan fingerprint density at radius 1 is 0.833 bits per heavy atom. The summed E-state index contributed by atoms with van der Waals surface area (Å²) in [6.07, 6.45) is 7.36. The van der Waals surface area contributed by atoms with E-state index in [-0.39, 0.29) is 6.42 Å². The first-order valence-corrected chi connectivity index (χ1v) is 7.49. The van der Waals surface area contributed by atoms with Gasteiger partial charge >= 0.3 is 5.97 Å². The van der Waals surface area contributed by atoms with Gasteiger partial charge in [0.15, 0.2) is 0 Å². The van der Waals surface area contributed by atoms with Crippen LogP contribution in [0.5, 0.6) is 0 Å². The Labute approximate surface area is 119 Å². The van der Waals surface area contributed by atoms with Crippen LogP contribution < -0.4 is 0 Å². The molecule has 108 valence electrons. The molecule has 0 saturated carbocycles. The first-order chi connectivity index (χ1) is 10.3. The Morgan fingerprint density at radius 2 is 1.22 bits per heavy atom. The number of hydrogen-bond donors (Lipinski definition) is 1. The van der Waals surface area contributed by atoms with E-state index in [4.69, 9.17) is 10.6 Å². The molecule has 0 saturated heterocycles. The topological polar surface area (TPSA) is 37.3 Å². The normalized spacial score (nSPS) is 15.6. The first kappa shape index (κ1) is 11.3. The van der Waals surface area contributed by atoms with Crippen molar-refractivity contribution in [2.45, 2.75) is 96.7 Å². The van der Waals surface area contributed by atoms with Crippen molar-refractivity contribution in [3.05, 3.63) is 0 Å². The SMILES string of the molecule is [2H]C([2H])(CCCCCCCCCCCCC)C([2H])([2H])C(=O)O. The molecule has 2 nitrogen and oxygen atoms in total. The van der Waals surface area contributed by atoms with E-state index in [1.54, 1.807) is 0 Å². The van der Waals surface area contributed by atoms with Crippen molar-refractivity contribution < 1.29 is 15.4 Å². The lowest BCUT2D eigenvalue weighted by Gasteiger charge is -2.02. The lowest BCUT2D eigenvalue weighted by atomic mass is 10.0. The van der Waals surface area contributed by atoms with E-state index in [1.165, 1.54) is 44.9 Å². The molecule has 0 atom stereocenters. The quantitative estimate of drug-likeness (QED) is 0.416. The fourth-order valence-electron chi connectivity index (χ4n) is 2.02. The van der Waals surface area contributed by atoms with Crippen LogP contribution in [0.25, 0.3) is 0 Å². The summed E-state index contributed by atoms with van der Waals surface area (Å²) in [5.74, 6) is -1.72. The van der Waals surface area contributed by atoms with E-state index >= 15 is 0 Å². The maximum absolute atomic E-state index is 10.8. The van der Waals surface area contributed by atoms with Gasteiger partial charge in [0.25, 0.3) is 0 Å². The predicted molar refractivity (Wildman–Crippen MR) is 77.9 cm³/mol. The third-order valence-corrected chi connectivity index (χ3v) is 3.10. The smallest absolute Gasteiger partial charge is 0.303 e. The van der Waals surface area contributed by atoms with Gasteiger partial charge in [0.05, 0.1) is 0 Å². The van der Waals surface area contributed by atoms with Crippen LogP contribution >= 0.6 is 0 Å².